The van der Waals surface area contributed by atoms with Gasteiger partial charge in [0.05, 0.1) is 6.54 Å². The zero-order valence-electron chi connectivity index (χ0n) is 9.81. The summed E-state index contributed by atoms with van der Waals surface area (Å²) in [6.45, 7) is 3.81. The summed E-state index contributed by atoms with van der Waals surface area (Å²) >= 11 is 1.64. The molecule has 0 saturated heterocycles. The number of hydrogen-bond donors (Lipinski definition) is 2. The molecule has 0 aromatic carbocycles. The van der Waals surface area contributed by atoms with Gasteiger partial charge in [-0.05, 0) is 18.6 Å². The SMILES string of the molecule is CCCNc1cccc(NCc2nccs2)n1. The Hall–Kier alpha value is -1.62. The highest BCUT2D eigenvalue weighted by molar-refractivity contribution is 7.09. The molecular weight excluding hydrogens is 232 g/mol. The minimum absolute atomic E-state index is 0.724. The van der Waals surface area contributed by atoms with E-state index in [-0.39, 0.29) is 0 Å². The van der Waals surface area contributed by atoms with Crippen molar-refractivity contribution in [3.05, 3.63) is 34.8 Å². The van der Waals surface area contributed by atoms with Gasteiger partial charge in [-0.3, -0.25) is 0 Å². The summed E-state index contributed by atoms with van der Waals surface area (Å²) in [5.41, 5.74) is 0. The van der Waals surface area contributed by atoms with E-state index in [1.54, 1.807) is 11.3 Å². The zero-order chi connectivity index (χ0) is 11.9. The van der Waals surface area contributed by atoms with E-state index in [0.29, 0.717) is 0 Å². The molecule has 5 heteroatoms. The van der Waals surface area contributed by atoms with Gasteiger partial charge in [0.2, 0.25) is 0 Å². The number of anilines is 2. The second kappa shape index (κ2) is 6.20. The molecule has 90 valence electrons. The minimum atomic E-state index is 0.724. The molecular formula is C12H16N4S. The first-order chi connectivity index (χ1) is 8.38. The average molecular weight is 248 g/mol. The molecule has 17 heavy (non-hydrogen) atoms. The molecule has 0 aliphatic carbocycles. The summed E-state index contributed by atoms with van der Waals surface area (Å²) in [7, 11) is 0. The van der Waals surface area contributed by atoms with Crippen LogP contribution in [-0.4, -0.2) is 16.5 Å². The van der Waals surface area contributed by atoms with Crippen LogP contribution in [-0.2, 0) is 6.54 Å². The number of pyridine rings is 1. The fourth-order valence-electron chi connectivity index (χ4n) is 1.39. The molecule has 2 rings (SSSR count). The molecule has 2 aromatic heterocycles. The summed E-state index contributed by atoms with van der Waals surface area (Å²) in [5.74, 6) is 1.79. The molecule has 0 bridgehead atoms. The van der Waals surface area contributed by atoms with Crippen LogP contribution in [0.3, 0.4) is 0 Å². The number of hydrogen-bond acceptors (Lipinski definition) is 5. The van der Waals surface area contributed by atoms with Crippen molar-refractivity contribution in [2.75, 3.05) is 17.2 Å². The maximum absolute atomic E-state index is 4.46. The third-order valence-corrected chi connectivity index (χ3v) is 2.99. The molecule has 2 aromatic rings. The first-order valence-electron chi connectivity index (χ1n) is 5.71. The lowest BCUT2D eigenvalue weighted by Gasteiger charge is -2.07. The smallest absolute Gasteiger partial charge is 0.128 e. The Morgan fingerprint density at radius 3 is 2.76 bits per heavy atom. The standard InChI is InChI=1S/C12H16N4S/c1-2-6-13-10-4-3-5-11(16-10)15-9-12-14-7-8-17-12/h3-5,7-8H,2,6,9H2,1H3,(H2,13,15,16). The van der Waals surface area contributed by atoms with Crippen LogP contribution >= 0.6 is 11.3 Å². The third kappa shape index (κ3) is 3.71. The third-order valence-electron chi connectivity index (χ3n) is 2.21. The quantitative estimate of drug-likeness (QED) is 0.825. The van der Waals surface area contributed by atoms with Gasteiger partial charge in [0.15, 0.2) is 0 Å². The molecule has 0 aliphatic heterocycles. The van der Waals surface area contributed by atoms with Gasteiger partial charge in [0, 0.05) is 18.1 Å². The maximum atomic E-state index is 4.46. The van der Waals surface area contributed by atoms with Crippen LogP contribution in [0.2, 0.25) is 0 Å². The van der Waals surface area contributed by atoms with Crippen LogP contribution < -0.4 is 10.6 Å². The summed E-state index contributed by atoms with van der Waals surface area (Å²) in [4.78, 5) is 8.68. The zero-order valence-corrected chi connectivity index (χ0v) is 10.6. The molecule has 0 unspecified atom stereocenters. The van der Waals surface area contributed by atoms with Crippen LogP contribution in [0.4, 0.5) is 11.6 Å². The molecule has 0 amide bonds. The summed E-state index contributed by atoms with van der Waals surface area (Å²) in [5, 5.41) is 9.57. The lowest BCUT2D eigenvalue weighted by Crippen LogP contribution is -2.05. The topological polar surface area (TPSA) is 49.8 Å². The van der Waals surface area contributed by atoms with E-state index in [1.807, 2.05) is 29.8 Å². The maximum Gasteiger partial charge on any atom is 0.128 e. The predicted molar refractivity (Wildman–Crippen MR) is 72.5 cm³/mol. The molecule has 4 nitrogen and oxygen atoms in total. The lowest BCUT2D eigenvalue weighted by atomic mass is 10.4. The van der Waals surface area contributed by atoms with Crippen LogP contribution in [0, 0.1) is 0 Å². The molecule has 0 atom stereocenters. The lowest BCUT2D eigenvalue weighted by molar-refractivity contribution is 0.967. The normalized spacial score (nSPS) is 10.2. The van der Waals surface area contributed by atoms with Gasteiger partial charge >= 0.3 is 0 Å². The van der Waals surface area contributed by atoms with E-state index < -0.39 is 0 Å². The van der Waals surface area contributed by atoms with Crippen LogP contribution in [0.25, 0.3) is 0 Å². The van der Waals surface area contributed by atoms with Gasteiger partial charge in [0.1, 0.15) is 16.6 Å². The first-order valence-corrected chi connectivity index (χ1v) is 6.59. The number of thiazole rings is 1. The van der Waals surface area contributed by atoms with Gasteiger partial charge in [0.25, 0.3) is 0 Å². The highest BCUT2D eigenvalue weighted by atomic mass is 32.1. The fourth-order valence-corrected chi connectivity index (χ4v) is 1.95. The highest BCUT2D eigenvalue weighted by Gasteiger charge is 1.98. The van der Waals surface area contributed by atoms with Gasteiger partial charge in [-0.1, -0.05) is 13.0 Å². The Labute approximate surface area is 105 Å². The van der Waals surface area contributed by atoms with Gasteiger partial charge < -0.3 is 10.6 Å². The Morgan fingerprint density at radius 1 is 1.24 bits per heavy atom. The monoisotopic (exact) mass is 248 g/mol. The molecule has 2 heterocycles. The van der Waals surface area contributed by atoms with Crippen molar-refractivity contribution in [2.45, 2.75) is 19.9 Å². The second-order valence-electron chi connectivity index (χ2n) is 3.61. The van der Waals surface area contributed by atoms with Crippen molar-refractivity contribution in [1.29, 1.82) is 0 Å². The van der Waals surface area contributed by atoms with E-state index >= 15 is 0 Å². The molecule has 0 radical (unpaired) electrons. The largest absolute Gasteiger partial charge is 0.370 e. The number of nitrogens with one attached hydrogen (secondary N) is 2. The average Bonchev–Trinajstić information content (AvgIpc) is 2.87. The van der Waals surface area contributed by atoms with Crippen molar-refractivity contribution in [1.82, 2.24) is 9.97 Å². The first kappa shape index (κ1) is 11.9. The molecule has 2 N–H and O–H groups in total. The second-order valence-corrected chi connectivity index (χ2v) is 4.59. The van der Waals surface area contributed by atoms with Crippen molar-refractivity contribution >= 4 is 23.0 Å². The van der Waals surface area contributed by atoms with Gasteiger partial charge in [-0.15, -0.1) is 11.3 Å². The van der Waals surface area contributed by atoms with E-state index in [2.05, 4.69) is 27.5 Å². The Morgan fingerprint density at radius 2 is 2.06 bits per heavy atom. The molecule has 0 fully saturated rings. The van der Waals surface area contributed by atoms with E-state index in [9.17, 15) is 0 Å². The summed E-state index contributed by atoms with van der Waals surface area (Å²) in [6.07, 6.45) is 2.91. The number of nitrogens with zero attached hydrogens (tertiary/aromatic N) is 2. The van der Waals surface area contributed by atoms with Crippen LogP contribution in [0.1, 0.15) is 18.4 Å². The summed E-state index contributed by atoms with van der Waals surface area (Å²) in [6, 6.07) is 5.93. The van der Waals surface area contributed by atoms with Gasteiger partial charge in [-0.2, -0.15) is 0 Å². The van der Waals surface area contributed by atoms with Crippen LogP contribution in [0.5, 0.6) is 0 Å². The van der Waals surface area contributed by atoms with E-state index in [0.717, 1.165) is 36.2 Å². The highest BCUT2D eigenvalue weighted by Crippen LogP contribution is 2.11. The van der Waals surface area contributed by atoms with E-state index in [1.165, 1.54) is 0 Å². The number of rotatable bonds is 6. The van der Waals surface area contributed by atoms with Crippen molar-refractivity contribution < 1.29 is 0 Å². The Bertz CT molecular complexity index is 442. The number of aromatic nitrogens is 2. The minimum Gasteiger partial charge on any atom is -0.370 e. The fraction of sp³-hybridized carbons (Fsp3) is 0.333. The predicted octanol–water partition coefficient (Wildman–Crippen LogP) is 2.97. The van der Waals surface area contributed by atoms with Crippen LogP contribution in [0.15, 0.2) is 29.8 Å². The molecule has 0 aliphatic rings. The van der Waals surface area contributed by atoms with Crippen molar-refractivity contribution in [3.63, 3.8) is 0 Å². The van der Waals surface area contributed by atoms with Crippen molar-refractivity contribution in [2.24, 2.45) is 0 Å². The Kier molecular flexibility index (Phi) is 4.32. The summed E-state index contributed by atoms with van der Waals surface area (Å²) < 4.78 is 0. The molecule has 0 spiro atoms. The van der Waals surface area contributed by atoms with Crippen molar-refractivity contribution in [3.8, 4) is 0 Å². The Balaban J connectivity index is 1.91. The van der Waals surface area contributed by atoms with Gasteiger partial charge in [-0.25, -0.2) is 9.97 Å². The molecule has 0 saturated carbocycles. The van der Waals surface area contributed by atoms with E-state index in [4.69, 9.17) is 0 Å².